The summed E-state index contributed by atoms with van der Waals surface area (Å²) in [5.41, 5.74) is 0.793. The van der Waals surface area contributed by atoms with Crippen LogP contribution in [0.4, 0.5) is 0 Å². The highest BCUT2D eigenvalue weighted by molar-refractivity contribution is 6.36. The number of hydrogen-bond acceptors (Lipinski definition) is 4. The average molecular weight is 340 g/mol. The molecule has 0 saturated heterocycles. The average Bonchev–Trinajstić information content (AvgIpc) is 2.77. The minimum absolute atomic E-state index is 0.0970. The van der Waals surface area contributed by atoms with Gasteiger partial charge in [-0.05, 0) is 31.0 Å². The molecule has 0 aliphatic carbocycles. The second kappa shape index (κ2) is 6.26. The molecule has 0 saturated carbocycles. The first-order chi connectivity index (χ1) is 10.6. The van der Waals surface area contributed by atoms with E-state index in [1.54, 1.807) is 12.1 Å². The van der Waals surface area contributed by atoms with Gasteiger partial charge in [0.25, 0.3) is 0 Å². The molecule has 1 aromatic heterocycles. The lowest BCUT2D eigenvalue weighted by molar-refractivity contribution is -0.145. The largest absolute Gasteiger partial charge is 0.469 e. The van der Waals surface area contributed by atoms with Crippen LogP contribution >= 0.6 is 23.2 Å². The summed E-state index contributed by atoms with van der Waals surface area (Å²) in [5.74, 6) is 1.32. The fourth-order valence-corrected chi connectivity index (χ4v) is 3.25. The predicted molar refractivity (Wildman–Crippen MR) is 83.9 cm³/mol. The first-order valence-corrected chi connectivity index (χ1v) is 7.81. The summed E-state index contributed by atoms with van der Waals surface area (Å²) in [6, 6.07) is 5.30. The van der Waals surface area contributed by atoms with E-state index in [4.69, 9.17) is 27.9 Å². The van der Waals surface area contributed by atoms with E-state index in [1.807, 2.05) is 10.6 Å². The second-order valence-corrected chi connectivity index (χ2v) is 6.11. The zero-order valence-corrected chi connectivity index (χ0v) is 13.6. The standard InChI is InChI=1S/C15H15Cl2N3O2/c1-22-15(21)9-2-5-13-18-19-14(20(13)7-6-9)11-4-3-10(16)8-12(11)17/h3-4,8-9H,2,5-7H2,1H3. The third kappa shape index (κ3) is 2.83. The Kier molecular flexibility index (Phi) is 4.36. The minimum atomic E-state index is -0.162. The van der Waals surface area contributed by atoms with Crippen LogP contribution in [0.25, 0.3) is 11.4 Å². The van der Waals surface area contributed by atoms with Gasteiger partial charge in [0.05, 0.1) is 18.1 Å². The Morgan fingerprint density at radius 2 is 2.14 bits per heavy atom. The first-order valence-electron chi connectivity index (χ1n) is 7.05. The molecule has 0 fully saturated rings. The van der Waals surface area contributed by atoms with E-state index >= 15 is 0 Å². The maximum atomic E-state index is 11.7. The molecular formula is C15H15Cl2N3O2. The number of halogens is 2. The molecule has 1 aromatic carbocycles. The van der Waals surface area contributed by atoms with E-state index in [0.29, 0.717) is 35.3 Å². The van der Waals surface area contributed by atoms with Crippen LogP contribution in [0.1, 0.15) is 18.7 Å². The number of fused-ring (bicyclic) bond motifs is 1. The summed E-state index contributed by atoms with van der Waals surface area (Å²) in [6.07, 6.45) is 2.12. The van der Waals surface area contributed by atoms with Crippen LogP contribution < -0.4 is 0 Å². The fourth-order valence-electron chi connectivity index (χ4n) is 2.76. The van der Waals surface area contributed by atoms with Gasteiger partial charge >= 0.3 is 5.97 Å². The number of rotatable bonds is 2. The lowest BCUT2D eigenvalue weighted by atomic mass is 10.0. The van der Waals surface area contributed by atoms with Gasteiger partial charge in [-0.2, -0.15) is 0 Å². The van der Waals surface area contributed by atoms with E-state index in [1.165, 1.54) is 7.11 Å². The summed E-state index contributed by atoms with van der Waals surface area (Å²) < 4.78 is 6.87. The lowest BCUT2D eigenvalue weighted by Crippen LogP contribution is -2.16. The maximum Gasteiger partial charge on any atom is 0.308 e. The van der Waals surface area contributed by atoms with Crippen LogP contribution in [0, 0.1) is 5.92 Å². The molecule has 0 N–H and O–H groups in total. The van der Waals surface area contributed by atoms with E-state index in [2.05, 4.69) is 10.2 Å². The Morgan fingerprint density at radius 1 is 1.32 bits per heavy atom. The summed E-state index contributed by atoms with van der Waals surface area (Å²) in [6.45, 7) is 0.663. The number of benzene rings is 1. The molecule has 0 spiro atoms. The zero-order valence-electron chi connectivity index (χ0n) is 12.1. The van der Waals surface area contributed by atoms with E-state index in [0.717, 1.165) is 17.8 Å². The van der Waals surface area contributed by atoms with Crippen molar-refractivity contribution >= 4 is 29.2 Å². The van der Waals surface area contributed by atoms with Gasteiger partial charge in [0, 0.05) is 23.6 Å². The molecule has 3 rings (SSSR count). The van der Waals surface area contributed by atoms with Crippen molar-refractivity contribution in [2.75, 3.05) is 7.11 Å². The number of hydrogen-bond donors (Lipinski definition) is 0. The number of carbonyl (C=O) groups is 1. The van der Waals surface area contributed by atoms with Gasteiger partial charge in [-0.25, -0.2) is 0 Å². The number of nitrogens with zero attached hydrogens (tertiary/aromatic N) is 3. The quantitative estimate of drug-likeness (QED) is 0.787. The van der Waals surface area contributed by atoms with E-state index in [-0.39, 0.29) is 11.9 Å². The number of aromatic nitrogens is 3. The number of ether oxygens (including phenoxy) is 1. The van der Waals surface area contributed by atoms with Gasteiger partial charge in [0.15, 0.2) is 5.82 Å². The van der Waals surface area contributed by atoms with Crippen molar-refractivity contribution in [1.82, 2.24) is 14.8 Å². The normalized spacial score (nSPS) is 17.7. The van der Waals surface area contributed by atoms with Crippen molar-refractivity contribution in [1.29, 1.82) is 0 Å². The summed E-state index contributed by atoms with van der Waals surface area (Å²) in [4.78, 5) is 11.7. The summed E-state index contributed by atoms with van der Waals surface area (Å²) >= 11 is 12.2. The van der Waals surface area contributed by atoms with Gasteiger partial charge in [0.2, 0.25) is 0 Å². The highest BCUT2D eigenvalue weighted by Gasteiger charge is 2.26. The van der Waals surface area contributed by atoms with Crippen molar-refractivity contribution in [3.05, 3.63) is 34.1 Å². The molecule has 1 aliphatic rings. The smallest absolute Gasteiger partial charge is 0.308 e. The SMILES string of the molecule is COC(=O)C1CCc2nnc(-c3ccc(Cl)cc3Cl)n2CC1. The summed E-state index contributed by atoms with van der Waals surface area (Å²) in [7, 11) is 1.42. The van der Waals surface area contributed by atoms with Gasteiger partial charge in [-0.1, -0.05) is 23.2 Å². The molecule has 0 amide bonds. The number of esters is 1. The van der Waals surface area contributed by atoms with Gasteiger partial charge in [0.1, 0.15) is 5.82 Å². The molecule has 1 atom stereocenters. The second-order valence-electron chi connectivity index (χ2n) is 5.26. The topological polar surface area (TPSA) is 57.0 Å². The minimum Gasteiger partial charge on any atom is -0.469 e. The maximum absolute atomic E-state index is 11.7. The highest BCUT2D eigenvalue weighted by atomic mass is 35.5. The van der Waals surface area contributed by atoms with Gasteiger partial charge in [-0.3, -0.25) is 4.79 Å². The van der Waals surface area contributed by atoms with Crippen molar-refractivity contribution in [2.24, 2.45) is 5.92 Å². The molecule has 2 aromatic rings. The zero-order chi connectivity index (χ0) is 15.7. The molecule has 7 heteroatoms. The van der Waals surface area contributed by atoms with Crippen LogP contribution in [0.15, 0.2) is 18.2 Å². The number of aryl methyl sites for hydroxylation is 1. The third-order valence-corrected chi connectivity index (χ3v) is 4.50. The Labute approximate surface area is 138 Å². The molecule has 5 nitrogen and oxygen atoms in total. The van der Waals surface area contributed by atoms with Crippen molar-refractivity contribution in [3.63, 3.8) is 0 Å². The monoisotopic (exact) mass is 339 g/mol. The van der Waals surface area contributed by atoms with Crippen molar-refractivity contribution in [3.8, 4) is 11.4 Å². The molecule has 2 heterocycles. The first kappa shape index (κ1) is 15.3. The molecular weight excluding hydrogens is 325 g/mol. The van der Waals surface area contributed by atoms with Crippen molar-refractivity contribution in [2.45, 2.75) is 25.8 Å². The molecule has 0 bridgehead atoms. The molecule has 1 unspecified atom stereocenters. The predicted octanol–water partition coefficient (Wildman–Crippen LogP) is 3.38. The number of carbonyl (C=O) groups excluding carboxylic acids is 1. The van der Waals surface area contributed by atoms with Gasteiger partial charge in [-0.15, -0.1) is 10.2 Å². The molecule has 22 heavy (non-hydrogen) atoms. The van der Waals surface area contributed by atoms with Crippen LogP contribution in [0.5, 0.6) is 0 Å². The van der Waals surface area contributed by atoms with Gasteiger partial charge < -0.3 is 9.30 Å². The third-order valence-electron chi connectivity index (χ3n) is 3.95. The van der Waals surface area contributed by atoms with Crippen LogP contribution in [0.2, 0.25) is 10.0 Å². The Hall–Kier alpha value is -1.59. The van der Waals surface area contributed by atoms with E-state index in [9.17, 15) is 4.79 Å². The highest BCUT2D eigenvalue weighted by Crippen LogP contribution is 2.31. The fraction of sp³-hybridized carbons (Fsp3) is 0.400. The molecule has 116 valence electrons. The van der Waals surface area contributed by atoms with E-state index < -0.39 is 0 Å². The van der Waals surface area contributed by atoms with Crippen LogP contribution in [-0.4, -0.2) is 27.8 Å². The van der Waals surface area contributed by atoms with Crippen LogP contribution in [-0.2, 0) is 22.5 Å². The summed E-state index contributed by atoms with van der Waals surface area (Å²) in [5, 5.41) is 9.62. The Bertz CT molecular complexity index is 715. The number of methoxy groups -OCH3 is 1. The van der Waals surface area contributed by atoms with Crippen molar-refractivity contribution < 1.29 is 9.53 Å². The van der Waals surface area contributed by atoms with Crippen LogP contribution in [0.3, 0.4) is 0 Å². The lowest BCUT2D eigenvalue weighted by Gasteiger charge is -2.11. The Balaban J connectivity index is 1.92. The Morgan fingerprint density at radius 3 is 2.86 bits per heavy atom. The molecule has 1 aliphatic heterocycles. The molecule has 0 radical (unpaired) electrons.